The lowest BCUT2D eigenvalue weighted by Gasteiger charge is -2.37. The van der Waals surface area contributed by atoms with Crippen molar-refractivity contribution in [2.45, 2.75) is 24.6 Å². The zero-order valence-electron chi connectivity index (χ0n) is 31.2. The van der Waals surface area contributed by atoms with Crippen LogP contribution in [-0.2, 0) is 23.0 Å². The molecule has 0 saturated carbocycles. The summed E-state index contributed by atoms with van der Waals surface area (Å²) in [7, 11) is 0. The third-order valence-electron chi connectivity index (χ3n) is 6.04. The number of ether oxygens (including phenoxy) is 1. The van der Waals surface area contributed by atoms with E-state index in [-0.39, 0.29) is 43.8 Å². The number of fused-ring (bicyclic) bond motifs is 1. The SMILES string of the molecule is [2H]c1c([2H])c([2H])c(C(C(N)=O)(c2c([2H])c([2H])c([2H])c([2H])c2[2H])[C@@H]2CCN(CC([2H])([2H])c3ccc4c(c3)C([2H])([2H])CO4)C2)c([2H])c1[2H]. The Balaban J connectivity index is 1.67. The lowest BCUT2D eigenvalue weighted by atomic mass is 9.64. The molecule has 0 aromatic heterocycles. The number of hydrogen-bond donors (Lipinski definition) is 1. The smallest absolute Gasteiger partial charge is 0.232 e. The van der Waals surface area contributed by atoms with Gasteiger partial charge in [0.1, 0.15) is 11.2 Å². The van der Waals surface area contributed by atoms with Crippen molar-refractivity contribution in [1.29, 1.82) is 0 Å². The van der Waals surface area contributed by atoms with Crippen LogP contribution >= 0.6 is 0 Å². The molecule has 1 saturated heterocycles. The highest BCUT2D eigenvalue weighted by molar-refractivity contribution is 5.91. The molecule has 1 fully saturated rings. The van der Waals surface area contributed by atoms with Crippen LogP contribution in [0.1, 0.15) is 47.9 Å². The number of likely N-dealkylation sites (tertiary alicyclic amines) is 1. The number of hydrogen-bond acceptors (Lipinski definition) is 3. The van der Waals surface area contributed by atoms with Crippen molar-refractivity contribution in [3.8, 4) is 5.75 Å². The molecule has 0 spiro atoms. The van der Waals surface area contributed by atoms with E-state index < -0.39 is 102 Å². The molecule has 0 bridgehead atoms. The molecular formula is C28H30N2O2. The van der Waals surface area contributed by atoms with Crippen molar-refractivity contribution in [2.24, 2.45) is 11.7 Å². The number of amides is 1. The van der Waals surface area contributed by atoms with E-state index >= 15 is 0 Å². The Labute approximate surface area is 209 Å². The second kappa shape index (κ2) is 8.79. The Kier molecular flexibility index (Phi) is 2.81. The number of nitrogens with two attached hydrogens (primary N) is 1. The van der Waals surface area contributed by atoms with Gasteiger partial charge in [0.05, 0.1) is 20.3 Å². The van der Waals surface area contributed by atoms with Crippen LogP contribution in [-0.4, -0.2) is 37.0 Å². The maximum Gasteiger partial charge on any atom is 0.232 e. The van der Waals surface area contributed by atoms with E-state index in [9.17, 15) is 4.79 Å². The van der Waals surface area contributed by atoms with Gasteiger partial charge in [-0.25, -0.2) is 0 Å². The molecule has 0 radical (unpaired) electrons. The number of benzene rings is 3. The molecule has 2 N–H and O–H groups in total. The lowest BCUT2D eigenvalue weighted by molar-refractivity contribution is -0.123. The van der Waals surface area contributed by atoms with E-state index in [0.29, 0.717) is 5.75 Å². The summed E-state index contributed by atoms with van der Waals surface area (Å²) in [4.78, 5) is 15.4. The van der Waals surface area contributed by atoms with Crippen molar-refractivity contribution in [3.63, 3.8) is 0 Å². The fourth-order valence-corrected chi connectivity index (χ4v) is 4.50. The molecule has 4 nitrogen and oxygen atoms in total. The van der Waals surface area contributed by atoms with Crippen LogP contribution in [0.2, 0.25) is 0 Å². The zero-order valence-corrected chi connectivity index (χ0v) is 17.2. The minimum atomic E-state index is -2.51. The largest absolute Gasteiger partial charge is 0.493 e. The van der Waals surface area contributed by atoms with Gasteiger partial charge in [-0.15, -0.1) is 0 Å². The van der Waals surface area contributed by atoms with E-state index in [0.717, 1.165) is 0 Å². The Morgan fingerprint density at radius 1 is 1.16 bits per heavy atom. The van der Waals surface area contributed by atoms with Crippen molar-refractivity contribution in [2.75, 3.05) is 26.2 Å². The average molecular weight is 441 g/mol. The first kappa shape index (κ1) is 10.2. The van der Waals surface area contributed by atoms with Gasteiger partial charge in [0.15, 0.2) is 0 Å². The highest BCUT2D eigenvalue weighted by atomic mass is 16.5. The number of primary amides is 1. The van der Waals surface area contributed by atoms with Gasteiger partial charge in [-0.2, -0.15) is 0 Å². The van der Waals surface area contributed by atoms with Crippen LogP contribution in [0.25, 0.3) is 0 Å². The predicted molar refractivity (Wildman–Crippen MR) is 127 cm³/mol. The molecule has 4 heteroatoms. The molecule has 2 aliphatic heterocycles. The molecule has 2 heterocycles. The maximum absolute atomic E-state index is 13.8. The van der Waals surface area contributed by atoms with Crippen LogP contribution in [0.5, 0.6) is 5.75 Å². The second-order valence-electron chi connectivity index (χ2n) is 7.75. The summed E-state index contributed by atoms with van der Waals surface area (Å²) >= 11 is 0. The van der Waals surface area contributed by atoms with Gasteiger partial charge < -0.3 is 15.4 Å². The monoisotopic (exact) mass is 440 g/mol. The van der Waals surface area contributed by atoms with Crippen LogP contribution in [0.3, 0.4) is 0 Å². The Hall–Kier alpha value is -3.11. The summed E-state index contributed by atoms with van der Waals surface area (Å²) < 4.78 is 124. The van der Waals surface area contributed by atoms with Gasteiger partial charge in [-0.1, -0.05) is 72.6 Å². The van der Waals surface area contributed by atoms with Crippen molar-refractivity contribution >= 4 is 5.91 Å². The Morgan fingerprint density at radius 3 is 2.50 bits per heavy atom. The molecule has 1 amide bonds. The van der Waals surface area contributed by atoms with Crippen molar-refractivity contribution < 1.29 is 28.7 Å². The highest BCUT2D eigenvalue weighted by Crippen LogP contribution is 2.43. The number of nitrogens with zero attached hydrogens (tertiary/aromatic N) is 1. The molecule has 32 heavy (non-hydrogen) atoms. The number of carbonyl (C=O) groups is 1. The third-order valence-corrected chi connectivity index (χ3v) is 6.04. The first-order chi connectivity index (χ1) is 21.3. The normalized spacial score (nSPS) is 26.6. The Morgan fingerprint density at radius 2 is 1.84 bits per heavy atom. The first-order valence-electron chi connectivity index (χ1n) is 17.2. The van der Waals surface area contributed by atoms with Crippen LogP contribution in [0, 0.1) is 5.92 Å². The van der Waals surface area contributed by atoms with Gasteiger partial charge in [-0.3, -0.25) is 4.79 Å². The summed E-state index contributed by atoms with van der Waals surface area (Å²) in [5.74, 6) is -2.09. The second-order valence-corrected chi connectivity index (χ2v) is 7.75. The van der Waals surface area contributed by atoms with Crippen LogP contribution in [0.4, 0.5) is 0 Å². The zero-order chi connectivity index (χ0) is 34.3. The third kappa shape index (κ3) is 3.69. The summed E-state index contributed by atoms with van der Waals surface area (Å²) in [6, 6.07) is -3.63. The standard InChI is InChI=1S/C28H30N2O2/c29-27(31)28(23-7-3-1-4-8-23,24-9-5-2-6-10-24)25-14-17-30(20-25)16-13-21-11-12-26-22(19-21)15-18-32-26/h1-12,19,25H,13-18,20H2,(H2,29,31)/t25-/m1/s1/i1D,2D,3D,4D,5D,6D,7D,8D,9D,10D,13D2,15D2. The molecule has 1 atom stereocenters. The van der Waals surface area contributed by atoms with E-state index in [4.69, 9.17) is 29.7 Å². The molecule has 5 rings (SSSR count). The van der Waals surface area contributed by atoms with Gasteiger partial charge in [-0.05, 0) is 53.6 Å². The summed E-state index contributed by atoms with van der Waals surface area (Å²) in [6.07, 6.45) is -3.86. The van der Waals surface area contributed by atoms with Gasteiger partial charge >= 0.3 is 0 Å². The molecule has 3 aromatic rings. The van der Waals surface area contributed by atoms with Crippen molar-refractivity contribution in [3.05, 3.63) is 101 Å². The fraction of sp³-hybridized carbons (Fsp3) is 0.321. The van der Waals surface area contributed by atoms with Crippen molar-refractivity contribution in [1.82, 2.24) is 4.90 Å². The molecule has 2 aliphatic rings. The predicted octanol–water partition coefficient (Wildman–Crippen LogP) is 3.96. The summed E-state index contributed by atoms with van der Waals surface area (Å²) in [5, 5.41) is 0. The quantitative estimate of drug-likeness (QED) is 0.605. The Bertz CT molecular complexity index is 1650. The highest BCUT2D eigenvalue weighted by Gasteiger charge is 2.49. The maximum atomic E-state index is 13.8. The average Bonchev–Trinajstić information content (AvgIpc) is 3.58. The fourth-order valence-electron chi connectivity index (χ4n) is 4.50. The molecular weight excluding hydrogens is 396 g/mol. The summed E-state index contributed by atoms with van der Waals surface area (Å²) in [5.41, 5.74) is 2.68. The van der Waals surface area contributed by atoms with E-state index in [1.807, 2.05) is 0 Å². The number of rotatable bonds is 7. The van der Waals surface area contributed by atoms with Crippen LogP contribution in [0.15, 0.2) is 78.6 Å². The molecule has 3 aromatic carbocycles. The van der Waals surface area contributed by atoms with E-state index in [1.54, 1.807) is 4.90 Å². The van der Waals surface area contributed by atoms with E-state index in [1.165, 1.54) is 18.2 Å². The molecule has 0 unspecified atom stereocenters. The number of carbonyl (C=O) groups excluding carboxylic acids is 1. The molecule has 164 valence electrons. The lowest BCUT2D eigenvalue weighted by Crippen LogP contribution is -2.49. The first-order valence-corrected chi connectivity index (χ1v) is 10.2. The summed E-state index contributed by atoms with van der Waals surface area (Å²) in [6.45, 7) is -0.526. The minimum absolute atomic E-state index is 0.0178. The van der Waals surface area contributed by atoms with Gasteiger partial charge in [0, 0.05) is 24.9 Å². The molecule has 0 aliphatic carbocycles. The van der Waals surface area contributed by atoms with Crippen LogP contribution < -0.4 is 10.5 Å². The van der Waals surface area contributed by atoms with E-state index in [2.05, 4.69) is 0 Å². The van der Waals surface area contributed by atoms with Gasteiger partial charge in [0.2, 0.25) is 5.91 Å². The minimum Gasteiger partial charge on any atom is -0.493 e. The van der Waals surface area contributed by atoms with Gasteiger partial charge in [0.25, 0.3) is 0 Å². The topological polar surface area (TPSA) is 55.6 Å².